The molecule has 150 valence electrons. The summed E-state index contributed by atoms with van der Waals surface area (Å²) in [5.41, 5.74) is 1.27. The van der Waals surface area contributed by atoms with E-state index in [4.69, 9.17) is 0 Å². The molecule has 1 N–H and O–H groups in total. The van der Waals surface area contributed by atoms with Crippen molar-refractivity contribution in [3.05, 3.63) is 59.9 Å². The van der Waals surface area contributed by atoms with Gasteiger partial charge in [-0.05, 0) is 48.9 Å². The van der Waals surface area contributed by atoms with Gasteiger partial charge in [0, 0.05) is 18.0 Å². The Hall–Kier alpha value is -1.90. The zero-order chi connectivity index (χ0) is 20.1. The average Bonchev–Trinajstić information content (AvgIpc) is 2.70. The molecule has 1 heterocycles. The number of hydrogen-bond donors (Lipinski definition) is 1. The number of benzene rings is 2. The van der Waals surface area contributed by atoms with Crippen LogP contribution in [0.2, 0.25) is 0 Å². The van der Waals surface area contributed by atoms with Gasteiger partial charge in [0.05, 0.1) is 17.4 Å². The fourth-order valence-corrected chi connectivity index (χ4v) is 5.44. The topological polar surface area (TPSA) is 66.5 Å². The van der Waals surface area contributed by atoms with Crippen molar-refractivity contribution < 1.29 is 17.6 Å². The summed E-state index contributed by atoms with van der Waals surface area (Å²) in [6.45, 7) is 0.561. The Bertz CT molecular complexity index is 933. The molecule has 28 heavy (non-hydrogen) atoms. The van der Waals surface area contributed by atoms with Crippen molar-refractivity contribution in [2.24, 2.45) is 5.92 Å². The molecular formula is C20H23FN2O3S2. The number of thioether (sulfide) groups is 1. The first-order valence-electron chi connectivity index (χ1n) is 9.05. The highest BCUT2D eigenvalue weighted by atomic mass is 32.2. The SMILES string of the molecule is CSc1ccccc1NC(=O)[C@@H]1CCCN(S(=O)(=O)Cc2ccc(F)cc2)C1. The van der Waals surface area contributed by atoms with Gasteiger partial charge in [-0.15, -0.1) is 11.8 Å². The standard InChI is InChI=1S/C20H23FN2O3S2/c1-27-19-7-3-2-6-18(19)22-20(24)16-5-4-12-23(13-16)28(25,26)14-15-8-10-17(21)11-9-15/h2-3,6-11,16H,4-5,12-14H2,1H3,(H,22,24)/t16-/m1/s1. The van der Waals surface area contributed by atoms with E-state index in [0.29, 0.717) is 24.9 Å². The van der Waals surface area contributed by atoms with Crippen molar-refractivity contribution in [2.75, 3.05) is 24.7 Å². The van der Waals surface area contributed by atoms with Crippen molar-refractivity contribution >= 4 is 33.4 Å². The van der Waals surface area contributed by atoms with Crippen LogP contribution in [0.1, 0.15) is 18.4 Å². The highest BCUT2D eigenvalue weighted by Crippen LogP contribution is 2.27. The predicted octanol–water partition coefficient (Wildman–Crippen LogP) is 3.73. The van der Waals surface area contributed by atoms with Gasteiger partial charge in [0.15, 0.2) is 0 Å². The van der Waals surface area contributed by atoms with E-state index in [1.54, 1.807) is 11.8 Å². The summed E-state index contributed by atoms with van der Waals surface area (Å²) in [4.78, 5) is 13.7. The molecule has 8 heteroatoms. The van der Waals surface area contributed by atoms with Crippen LogP contribution in [0.5, 0.6) is 0 Å². The molecule has 1 atom stereocenters. The second kappa shape index (κ2) is 9.07. The van der Waals surface area contributed by atoms with Crippen LogP contribution < -0.4 is 5.32 Å². The smallest absolute Gasteiger partial charge is 0.228 e. The van der Waals surface area contributed by atoms with Gasteiger partial charge in [-0.2, -0.15) is 0 Å². The zero-order valence-electron chi connectivity index (χ0n) is 15.6. The summed E-state index contributed by atoms with van der Waals surface area (Å²) in [6.07, 6.45) is 3.22. The molecule has 3 rings (SSSR count). The van der Waals surface area contributed by atoms with Gasteiger partial charge in [-0.25, -0.2) is 17.1 Å². The van der Waals surface area contributed by atoms with Crippen molar-refractivity contribution in [3.8, 4) is 0 Å². The number of nitrogens with one attached hydrogen (secondary N) is 1. The first kappa shape index (κ1) is 20.8. The van der Waals surface area contributed by atoms with E-state index in [1.807, 2.05) is 30.5 Å². The molecule has 0 spiro atoms. The fourth-order valence-electron chi connectivity index (χ4n) is 3.27. The molecule has 5 nitrogen and oxygen atoms in total. The van der Waals surface area contributed by atoms with E-state index >= 15 is 0 Å². The van der Waals surface area contributed by atoms with Gasteiger partial charge >= 0.3 is 0 Å². The Labute approximate surface area is 169 Å². The van der Waals surface area contributed by atoms with Gasteiger partial charge in [0.25, 0.3) is 0 Å². The van der Waals surface area contributed by atoms with Crippen LogP contribution >= 0.6 is 11.8 Å². The van der Waals surface area contributed by atoms with Gasteiger partial charge in [0.1, 0.15) is 5.82 Å². The number of rotatable bonds is 6. The van der Waals surface area contributed by atoms with E-state index in [1.165, 1.54) is 28.6 Å². The predicted molar refractivity (Wildman–Crippen MR) is 110 cm³/mol. The quantitative estimate of drug-likeness (QED) is 0.721. The minimum atomic E-state index is -3.57. The van der Waals surface area contributed by atoms with Crippen LogP contribution in [0, 0.1) is 11.7 Å². The molecule has 0 radical (unpaired) electrons. The van der Waals surface area contributed by atoms with Gasteiger partial charge in [0.2, 0.25) is 15.9 Å². The van der Waals surface area contributed by atoms with E-state index in [-0.39, 0.29) is 18.2 Å². The normalized spacial score (nSPS) is 18.0. The first-order chi connectivity index (χ1) is 13.4. The third-order valence-corrected chi connectivity index (χ3v) is 7.39. The number of carbonyl (C=O) groups excluding carboxylic acids is 1. The number of nitrogens with zero attached hydrogens (tertiary/aromatic N) is 1. The van der Waals surface area contributed by atoms with Crippen LogP contribution in [0.3, 0.4) is 0 Å². The number of halogens is 1. The second-order valence-electron chi connectivity index (χ2n) is 6.77. The Morgan fingerprint density at radius 3 is 2.64 bits per heavy atom. The summed E-state index contributed by atoms with van der Waals surface area (Å²) >= 11 is 1.54. The molecule has 0 aromatic heterocycles. The molecular weight excluding hydrogens is 399 g/mol. The van der Waals surface area contributed by atoms with Gasteiger partial charge in [-0.1, -0.05) is 24.3 Å². The van der Waals surface area contributed by atoms with Crippen molar-refractivity contribution in [2.45, 2.75) is 23.5 Å². The van der Waals surface area contributed by atoms with Gasteiger partial charge < -0.3 is 5.32 Å². The maximum absolute atomic E-state index is 13.0. The molecule has 0 aliphatic carbocycles. The number of piperidine rings is 1. The summed E-state index contributed by atoms with van der Waals surface area (Å²) in [6, 6.07) is 13.0. The lowest BCUT2D eigenvalue weighted by atomic mass is 9.99. The number of carbonyl (C=O) groups is 1. The molecule has 1 aliphatic heterocycles. The monoisotopic (exact) mass is 422 g/mol. The Kier molecular flexibility index (Phi) is 6.74. The molecule has 1 aliphatic rings. The molecule has 1 amide bonds. The van der Waals surface area contributed by atoms with Crippen molar-refractivity contribution in [1.29, 1.82) is 0 Å². The highest BCUT2D eigenvalue weighted by Gasteiger charge is 2.32. The summed E-state index contributed by atoms with van der Waals surface area (Å²) in [7, 11) is -3.57. The minimum Gasteiger partial charge on any atom is -0.325 e. The van der Waals surface area contributed by atoms with Crippen LogP contribution in [-0.4, -0.2) is 38.0 Å². The van der Waals surface area contributed by atoms with E-state index < -0.39 is 21.8 Å². The number of sulfonamides is 1. The Balaban J connectivity index is 1.67. The minimum absolute atomic E-state index is 0.163. The fraction of sp³-hybridized carbons (Fsp3) is 0.350. The molecule has 0 bridgehead atoms. The molecule has 0 unspecified atom stereocenters. The molecule has 0 saturated carbocycles. The first-order valence-corrected chi connectivity index (χ1v) is 11.9. The molecule has 2 aromatic rings. The van der Waals surface area contributed by atoms with Crippen LogP contribution in [0.15, 0.2) is 53.4 Å². The maximum atomic E-state index is 13.0. The largest absolute Gasteiger partial charge is 0.325 e. The van der Waals surface area contributed by atoms with E-state index in [0.717, 1.165) is 10.6 Å². The number of anilines is 1. The van der Waals surface area contributed by atoms with Crippen LogP contribution in [0.4, 0.5) is 10.1 Å². The van der Waals surface area contributed by atoms with Gasteiger partial charge in [-0.3, -0.25) is 4.79 Å². The van der Waals surface area contributed by atoms with E-state index in [9.17, 15) is 17.6 Å². The second-order valence-corrected chi connectivity index (χ2v) is 9.59. The van der Waals surface area contributed by atoms with Crippen molar-refractivity contribution in [3.63, 3.8) is 0 Å². The molecule has 2 aromatic carbocycles. The molecule has 1 fully saturated rings. The zero-order valence-corrected chi connectivity index (χ0v) is 17.2. The Morgan fingerprint density at radius 2 is 1.93 bits per heavy atom. The lowest BCUT2D eigenvalue weighted by molar-refractivity contribution is -0.120. The number of para-hydroxylation sites is 1. The molecule has 1 saturated heterocycles. The highest BCUT2D eigenvalue weighted by molar-refractivity contribution is 7.98. The average molecular weight is 423 g/mol. The lowest BCUT2D eigenvalue weighted by Gasteiger charge is -2.31. The van der Waals surface area contributed by atoms with Crippen molar-refractivity contribution in [1.82, 2.24) is 4.31 Å². The van der Waals surface area contributed by atoms with E-state index in [2.05, 4.69) is 5.32 Å². The van der Waals surface area contributed by atoms with Crippen LogP contribution in [0.25, 0.3) is 0 Å². The summed E-state index contributed by atoms with van der Waals surface area (Å²) in [5.74, 6) is -1.16. The summed E-state index contributed by atoms with van der Waals surface area (Å²) in [5, 5.41) is 2.94. The maximum Gasteiger partial charge on any atom is 0.228 e. The number of hydrogen-bond acceptors (Lipinski definition) is 4. The lowest BCUT2D eigenvalue weighted by Crippen LogP contribution is -2.44. The third-order valence-electron chi connectivity index (χ3n) is 4.78. The number of amides is 1. The third kappa shape index (κ3) is 5.12. The van der Waals surface area contributed by atoms with Crippen LogP contribution in [-0.2, 0) is 20.6 Å². The summed E-state index contributed by atoms with van der Waals surface area (Å²) < 4.78 is 39.9. The Morgan fingerprint density at radius 1 is 1.21 bits per heavy atom.